The molecule has 4 atom stereocenters. The first-order valence-electron chi connectivity index (χ1n) is 23.9. The number of ether oxygens (including phenoxy) is 6. The Kier molecular flexibility index (Phi) is 16.6. The van der Waals surface area contributed by atoms with Crippen molar-refractivity contribution >= 4 is 21.6 Å². The topological polar surface area (TPSA) is 113 Å². The minimum absolute atomic E-state index is 0.0364. The summed E-state index contributed by atoms with van der Waals surface area (Å²) < 4.78 is 68.7. The van der Waals surface area contributed by atoms with E-state index in [2.05, 4.69) is 55.5 Å². The lowest BCUT2D eigenvalue weighted by molar-refractivity contribution is -0.121. The SMILES string of the molecule is COCCCN1C(=O)COc2ccc(CO[C@H]3CN(S(=O)(=O)c4ccc(C)cc4)C[C@@H](COC(c4ccccc4)(c4ccccc4)c4ccccc4)[C@@H]3c3ccc(OCCC[C@@H](C)OC)cc3)cc21. The average Bonchev–Trinajstić information content (AvgIpc) is 3.39. The fourth-order valence-corrected chi connectivity index (χ4v) is 11.1. The smallest absolute Gasteiger partial charge is 0.265 e. The molecule has 2 aliphatic heterocycles. The molecule has 0 unspecified atom stereocenters. The van der Waals surface area contributed by atoms with E-state index in [0.717, 1.165) is 52.0 Å². The van der Waals surface area contributed by atoms with E-state index in [4.69, 9.17) is 28.4 Å². The van der Waals surface area contributed by atoms with Crippen molar-refractivity contribution in [1.29, 1.82) is 0 Å². The summed E-state index contributed by atoms with van der Waals surface area (Å²) in [5.41, 5.74) is 5.20. The predicted molar refractivity (Wildman–Crippen MR) is 268 cm³/mol. The molecule has 12 heteroatoms. The standard InChI is InChI=1S/C57H64N2O9S/c1-42-23-30-51(31-24-42)69(61,62)58-37-46(40-68-57(47-17-8-5-9-18-47,48-19-10-6-11-20-48)49-21-12-7-13-22-49)56(45-26-28-50(29-27-45)65-35-14-16-43(2)64-4)54(38-58)66-39-44-25-32-53-52(36-44)59(33-15-34-63-3)55(60)41-67-53/h5-13,17-32,36,43,46,54,56H,14-16,33-35,37-41H2,1-4H3/t43-,46+,54+,56+/m1/s1. The van der Waals surface area contributed by atoms with Gasteiger partial charge in [0.2, 0.25) is 10.0 Å². The lowest BCUT2D eigenvalue weighted by Gasteiger charge is -2.45. The van der Waals surface area contributed by atoms with Crippen LogP contribution in [0.5, 0.6) is 11.5 Å². The van der Waals surface area contributed by atoms with E-state index in [1.807, 2.05) is 104 Å². The van der Waals surface area contributed by atoms with Gasteiger partial charge < -0.3 is 33.3 Å². The van der Waals surface area contributed by atoms with Crippen LogP contribution in [0, 0.1) is 12.8 Å². The fourth-order valence-electron chi connectivity index (χ4n) is 9.54. The molecule has 0 bridgehead atoms. The number of carbonyl (C=O) groups is 1. The van der Waals surface area contributed by atoms with Crippen LogP contribution in [0.25, 0.3) is 0 Å². The van der Waals surface area contributed by atoms with Gasteiger partial charge in [-0.3, -0.25) is 4.79 Å². The minimum atomic E-state index is -4.01. The van der Waals surface area contributed by atoms with Crippen molar-refractivity contribution in [3.05, 3.63) is 191 Å². The number of nitrogens with zero attached hydrogens (tertiary/aromatic N) is 2. The highest BCUT2D eigenvalue weighted by Gasteiger charge is 2.46. The Morgan fingerprint density at radius 3 is 2.00 bits per heavy atom. The maximum atomic E-state index is 14.9. The van der Waals surface area contributed by atoms with Crippen molar-refractivity contribution in [3.8, 4) is 11.5 Å². The predicted octanol–water partition coefficient (Wildman–Crippen LogP) is 9.95. The Bertz CT molecular complexity index is 2570. The second kappa shape index (κ2) is 23.2. The second-order valence-electron chi connectivity index (χ2n) is 17.9. The quantitative estimate of drug-likeness (QED) is 0.0485. The molecular weight excluding hydrogens is 889 g/mol. The van der Waals surface area contributed by atoms with E-state index in [-0.39, 0.29) is 55.7 Å². The fraction of sp³-hybridized carbons (Fsp3) is 0.351. The van der Waals surface area contributed by atoms with Crippen LogP contribution in [-0.4, -0.2) is 91.1 Å². The number of hydrogen-bond donors (Lipinski definition) is 0. The lowest BCUT2D eigenvalue weighted by atomic mass is 9.78. The Morgan fingerprint density at radius 1 is 0.754 bits per heavy atom. The molecule has 2 aliphatic rings. The highest BCUT2D eigenvalue weighted by molar-refractivity contribution is 7.89. The molecule has 0 aromatic heterocycles. The summed E-state index contributed by atoms with van der Waals surface area (Å²) in [4.78, 5) is 15.1. The number of aryl methyl sites for hydroxylation is 1. The number of carbonyl (C=O) groups excluding carboxylic acids is 1. The molecule has 8 rings (SSSR count). The van der Waals surface area contributed by atoms with Gasteiger partial charge in [0.05, 0.1) is 42.6 Å². The second-order valence-corrected chi connectivity index (χ2v) is 19.9. The minimum Gasteiger partial charge on any atom is -0.494 e. The first-order chi connectivity index (χ1) is 33.6. The number of sulfonamides is 1. The summed E-state index contributed by atoms with van der Waals surface area (Å²) in [5.74, 6) is 0.490. The number of hydrogen-bond acceptors (Lipinski definition) is 9. The van der Waals surface area contributed by atoms with Gasteiger partial charge >= 0.3 is 0 Å². The van der Waals surface area contributed by atoms with E-state index in [0.29, 0.717) is 37.6 Å². The highest BCUT2D eigenvalue weighted by Crippen LogP contribution is 2.44. The van der Waals surface area contributed by atoms with Gasteiger partial charge in [-0.1, -0.05) is 127 Å². The average molecular weight is 953 g/mol. The van der Waals surface area contributed by atoms with Crippen LogP contribution in [-0.2, 0) is 46.0 Å². The monoisotopic (exact) mass is 952 g/mol. The van der Waals surface area contributed by atoms with Crippen molar-refractivity contribution in [2.24, 2.45) is 5.92 Å². The number of fused-ring (bicyclic) bond motifs is 1. The van der Waals surface area contributed by atoms with Crippen LogP contribution >= 0.6 is 0 Å². The Balaban J connectivity index is 1.20. The molecule has 11 nitrogen and oxygen atoms in total. The van der Waals surface area contributed by atoms with E-state index in [1.54, 1.807) is 35.6 Å². The van der Waals surface area contributed by atoms with Gasteiger partial charge in [0.15, 0.2) is 6.61 Å². The highest BCUT2D eigenvalue weighted by atomic mass is 32.2. The molecule has 6 aromatic rings. The van der Waals surface area contributed by atoms with Gasteiger partial charge in [0.1, 0.15) is 17.1 Å². The van der Waals surface area contributed by atoms with Crippen LogP contribution in [0.1, 0.15) is 65.5 Å². The maximum Gasteiger partial charge on any atom is 0.265 e. The molecule has 0 radical (unpaired) electrons. The van der Waals surface area contributed by atoms with Crippen molar-refractivity contribution in [2.75, 3.05) is 65.2 Å². The molecule has 2 heterocycles. The normalized spacial score (nSPS) is 18.1. The number of benzene rings is 6. The number of piperidine rings is 1. The third-order valence-electron chi connectivity index (χ3n) is 13.3. The molecule has 0 N–H and O–H groups in total. The van der Waals surface area contributed by atoms with Crippen molar-refractivity contribution in [3.63, 3.8) is 0 Å². The molecule has 0 aliphatic carbocycles. The van der Waals surface area contributed by atoms with Gasteiger partial charge in [-0.05, 0) is 97.3 Å². The molecule has 6 aromatic carbocycles. The Hall–Kier alpha value is -5.86. The molecule has 1 fully saturated rings. The molecule has 1 saturated heterocycles. The number of rotatable bonds is 22. The van der Waals surface area contributed by atoms with Gasteiger partial charge in [-0.2, -0.15) is 4.31 Å². The van der Waals surface area contributed by atoms with Crippen LogP contribution < -0.4 is 14.4 Å². The Morgan fingerprint density at radius 2 is 1.39 bits per heavy atom. The van der Waals surface area contributed by atoms with Crippen LogP contribution in [0.4, 0.5) is 5.69 Å². The third-order valence-corrected chi connectivity index (χ3v) is 15.1. The summed E-state index contributed by atoms with van der Waals surface area (Å²) in [6, 6.07) is 51.5. The van der Waals surface area contributed by atoms with E-state index in [1.165, 1.54) is 0 Å². The van der Waals surface area contributed by atoms with Gasteiger partial charge in [0, 0.05) is 52.3 Å². The molecule has 1 amide bonds. The first-order valence-corrected chi connectivity index (χ1v) is 25.3. The van der Waals surface area contributed by atoms with Crippen molar-refractivity contribution in [1.82, 2.24) is 4.31 Å². The van der Waals surface area contributed by atoms with Gasteiger partial charge in [0.25, 0.3) is 5.91 Å². The van der Waals surface area contributed by atoms with Crippen LogP contribution in [0.15, 0.2) is 163 Å². The van der Waals surface area contributed by atoms with Gasteiger partial charge in [-0.25, -0.2) is 8.42 Å². The summed E-state index contributed by atoms with van der Waals surface area (Å²) in [6.07, 6.45) is 1.91. The largest absolute Gasteiger partial charge is 0.494 e. The maximum absolute atomic E-state index is 14.9. The molecule has 69 heavy (non-hydrogen) atoms. The van der Waals surface area contributed by atoms with E-state index in [9.17, 15) is 13.2 Å². The van der Waals surface area contributed by atoms with Crippen LogP contribution in [0.2, 0.25) is 0 Å². The molecular formula is C57H64N2O9S. The first kappa shape index (κ1) is 49.6. The van der Waals surface area contributed by atoms with Gasteiger partial charge in [-0.15, -0.1) is 0 Å². The summed E-state index contributed by atoms with van der Waals surface area (Å²) in [7, 11) is -0.645. The molecule has 0 saturated carbocycles. The van der Waals surface area contributed by atoms with Crippen LogP contribution in [0.3, 0.4) is 0 Å². The molecule has 362 valence electrons. The zero-order valence-corrected chi connectivity index (χ0v) is 40.9. The zero-order valence-electron chi connectivity index (χ0n) is 40.1. The number of anilines is 1. The molecule has 0 spiro atoms. The Labute approximate surface area is 407 Å². The summed E-state index contributed by atoms with van der Waals surface area (Å²) >= 11 is 0. The third kappa shape index (κ3) is 11.6. The van der Waals surface area contributed by atoms with E-state index >= 15 is 0 Å². The number of amides is 1. The zero-order chi connectivity index (χ0) is 48.2. The van der Waals surface area contributed by atoms with Crippen molar-refractivity contribution in [2.45, 2.75) is 68.3 Å². The summed E-state index contributed by atoms with van der Waals surface area (Å²) in [5, 5.41) is 0. The van der Waals surface area contributed by atoms with E-state index < -0.39 is 27.6 Å². The van der Waals surface area contributed by atoms with Crippen molar-refractivity contribution < 1.29 is 41.6 Å². The lowest BCUT2D eigenvalue weighted by Crippen LogP contribution is -2.53. The number of methoxy groups -OCH3 is 2. The summed E-state index contributed by atoms with van der Waals surface area (Å²) in [6.45, 7) is 6.06.